The number of aryl methyl sites for hydroxylation is 2. The lowest BCUT2D eigenvalue weighted by atomic mass is 10.1. The summed E-state index contributed by atoms with van der Waals surface area (Å²) in [5, 5.41) is 3.56. The molecule has 0 aliphatic rings. The van der Waals surface area contributed by atoms with Crippen LogP contribution >= 0.6 is 0 Å². The number of nitrogens with zero attached hydrogens (tertiary/aromatic N) is 2. The van der Waals surface area contributed by atoms with E-state index < -0.39 is 0 Å². The molecule has 0 fully saturated rings. The first kappa shape index (κ1) is 16.0. The first-order valence-corrected chi connectivity index (χ1v) is 8.43. The van der Waals surface area contributed by atoms with Gasteiger partial charge in [-0.25, -0.2) is 4.98 Å². The van der Waals surface area contributed by atoms with Crippen molar-refractivity contribution in [2.24, 2.45) is 0 Å². The molecule has 0 spiro atoms. The lowest BCUT2D eigenvalue weighted by Gasteiger charge is -2.13. The Labute approximate surface area is 128 Å². The molecule has 3 nitrogen and oxygen atoms in total. The highest BCUT2D eigenvalue weighted by molar-refractivity contribution is 5.75. The molecule has 1 heterocycles. The summed E-state index contributed by atoms with van der Waals surface area (Å²) in [7, 11) is 0. The number of unbranched alkanes of at least 4 members (excludes halogenated alkanes) is 1. The number of para-hydroxylation sites is 2. The van der Waals surface area contributed by atoms with Gasteiger partial charge in [-0.15, -0.1) is 0 Å². The zero-order chi connectivity index (χ0) is 15.1. The van der Waals surface area contributed by atoms with Crippen LogP contribution in [0.2, 0.25) is 0 Å². The summed E-state index contributed by atoms with van der Waals surface area (Å²) in [6, 6.07) is 9.11. The van der Waals surface area contributed by atoms with E-state index in [2.05, 4.69) is 54.9 Å². The van der Waals surface area contributed by atoms with Gasteiger partial charge in [0, 0.05) is 19.0 Å². The van der Waals surface area contributed by atoms with Crippen molar-refractivity contribution in [2.45, 2.75) is 65.5 Å². The van der Waals surface area contributed by atoms with Crippen molar-refractivity contribution in [3.63, 3.8) is 0 Å². The van der Waals surface area contributed by atoms with Crippen molar-refractivity contribution in [3.8, 4) is 0 Å². The quantitative estimate of drug-likeness (QED) is 0.702. The number of nitrogens with one attached hydrogen (secondary N) is 1. The van der Waals surface area contributed by atoms with Gasteiger partial charge in [0.2, 0.25) is 0 Å². The second kappa shape index (κ2) is 8.18. The Hall–Kier alpha value is -1.35. The zero-order valence-corrected chi connectivity index (χ0v) is 13.7. The summed E-state index contributed by atoms with van der Waals surface area (Å²) in [6.45, 7) is 8.92. The maximum Gasteiger partial charge on any atom is 0.109 e. The number of hydrogen-bond acceptors (Lipinski definition) is 2. The highest BCUT2D eigenvalue weighted by Crippen LogP contribution is 2.17. The van der Waals surface area contributed by atoms with E-state index >= 15 is 0 Å². The molecule has 1 aromatic heterocycles. The maximum absolute atomic E-state index is 4.74. The fourth-order valence-corrected chi connectivity index (χ4v) is 2.86. The Balaban J connectivity index is 1.88. The Kier molecular flexibility index (Phi) is 6.24. The van der Waals surface area contributed by atoms with Crippen LogP contribution in [0, 0.1) is 0 Å². The van der Waals surface area contributed by atoms with Gasteiger partial charge in [0.25, 0.3) is 0 Å². The van der Waals surface area contributed by atoms with Crippen molar-refractivity contribution in [1.29, 1.82) is 0 Å². The van der Waals surface area contributed by atoms with Crippen LogP contribution in [0.3, 0.4) is 0 Å². The smallest absolute Gasteiger partial charge is 0.109 e. The van der Waals surface area contributed by atoms with Gasteiger partial charge in [0.15, 0.2) is 0 Å². The second-order valence-corrected chi connectivity index (χ2v) is 5.87. The predicted molar refractivity (Wildman–Crippen MR) is 90.7 cm³/mol. The molecular weight excluding hydrogens is 258 g/mol. The highest BCUT2D eigenvalue weighted by atomic mass is 15.1. The molecule has 2 aromatic rings. The lowest BCUT2D eigenvalue weighted by Crippen LogP contribution is -2.26. The van der Waals surface area contributed by atoms with Gasteiger partial charge in [0.1, 0.15) is 5.82 Å². The van der Waals surface area contributed by atoms with Crippen LogP contribution in [0.4, 0.5) is 0 Å². The Morgan fingerprint density at radius 1 is 1.19 bits per heavy atom. The summed E-state index contributed by atoms with van der Waals surface area (Å²) in [5.41, 5.74) is 2.42. The number of fused-ring (bicyclic) bond motifs is 1. The van der Waals surface area contributed by atoms with E-state index in [-0.39, 0.29) is 0 Å². The summed E-state index contributed by atoms with van der Waals surface area (Å²) < 4.78 is 2.40. The molecule has 21 heavy (non-hydrogen) atoms. The third-order valence-electron chi connectivity index (χ3n) is 4.06. The Morgan fingerprint density at radius 3 is 2.76 bits per heavy atom. The normalized spacial score (nSPS) is 12.9. The lowest BCUT2D eigenvalue weighted by molar-refractivity contribution is 0.475. The predicted octanol–water partition coefficient (Wildman–Crippen LogP) is 4.16. The molecule has 0 radical (unpaired) electrons. The van der Waals surface area contributed by atoms with Gasteiger partial charge >= 0.3 is 0 Å². The van der Waals surface area contributed by atoms with Crippen molar-refractivity contribution < 1.29 is 0 Å². The van der Waals surface area contributed by atoms with E-state index in [4.69, 9.17) is 4.98 Å². The van der Waals surface area contributed by atoms with Gasteiger partial charge in [-0.3, -0.25) is 0 Å². The van der Waals surface area contributed by atoms with Crippen LogP contribution in [0.25, 0.3) is 11.0 Å². The third kappa shape index (κ3) is 4.31. The molecule has 1 aromatic carbocycles. The molecule has 1 N–H and O–H groups in total. The number of rotatable bonds is 9. The third-order valence-corrected chi connectivity index (χ3v) is 4.06. The monoisotopic (exact) mass is 287 g/mol. The van der Waals surface area contributed by atoms with Gasteiger partial charge in [-0.1, -0.05) is 32.4 Å². The molecule has 0 aliphatic carbocycles. The maximum atomic E-state index is 4.74. The van der Waals surface area contributed by atoms with E-state index in [0.29, 0.717) is 6.04 Å². The summed E-state index contributed by atoms with van der Waals surface area (Å²) >= 11 is 0. The SMILES string of the molecule is CCCNC(C)CCCCn1c(CC)nc2ccccc21. The molecule has 0 saturated carbocycles. The van der Waals surface area contributed by atoms with Crippen molar-refractivity contribution in [1.82, 2.24) is 14.9 Å². The van der Waals surface area contributed by atoms with E-state index in [9.17, 15) is 0 Å². The van der Waals surface area contributed by atoms with Crippen LogP contribution in [0.15, 0.2) is 24.3 Å². The molecule has 0 aliphatic heterocycles. The van der Waals surface area contributed by atoms with Crippen LogP contribution < -0.4 is 5.32 Å². The fourth-order valence-electron chi connectivity index (χ4n) is 2.86. The average molecular weight is 287 g/mol. The second-order valence-electron chi connectivity index (χ2n) is 5.87. The van der Waals surface area contributed by atoms with E-state index in [0.717, 1.165) is 25.0 Å². The topological polar surface area (TPSA) is 29.9 Å². The molecule has 2 rings (SSSR count). The summed E-state index contributed by atoms with van der Waals surface area (Å²) in [6.07, 6.45) is 5.97. The molecule has 3 heteroatoms. The minimum Gasteiger partial charge on any atom is -0.328 e. The molecule has 0 amide bonds. The van der Waals surface area contributed by atoms with Gasteiger partial charge in [-0.2, -0.15) is 0 Å². The van der Waals surface area contributed by atoms with Gasteiger partial charge in [-0.05, 0) is 44.9 Å². The first-order chi connectivity index (χ1) is 10.3. The Bertz CT molecular complexity index is 544. The molecular formula is C18H29N3. The zero-order valence-electron chi connectivity index (χ0n) is 13.7. The number of imidazole rings is 1. The fraction of sp³-hybridized carbons (Fsp3) is 0.611. The summed E-state index contributed by atoms with van der Waals surface area (Å²) in [4.78, 5) is 4.74. The standard InChI is InChI=1S/C18H29N3/c1-4-13-19-15(3)10-8-9-14-21-17-12-7-6-11-16(17)20-18(21)5-2/h6-7,11-12,15,19H,4-5,8-10,13-14H2,1-3H3. The Morgan fingerprint density at radius 2 is 2.00 bits per heavy atom. The minimum atomic E-state index is 0.634. The molecule has 116 valence electrons. The first-order valence-electron chi connectivity index (χ1n) is 8.43. The van der Waals surface area contributed by atoms with Crippen LogP contribution in [0.1, 0.15) is 52.3 Å². The number of aromatic nitrogens is 2. The summed E-state index contributed by atoms with van der Waals surface area (Å²) in [5.74, 6) is 1.22. The van der Waals surface area contributed by atoms with Crippen molar-refractivity contribution in [3.05, 3.63) is 30.1 Å². The van der Waals surface area contributed by atoms with Gasteiger partial charge in [0.05, 0.1) is 11.0 Å². The number of benzene rings is 1. The largest absolute Gasteiger partial charge is 0.328 e. The van der Waals surface area contributed by atoms with E-state index in [1.165, 1.54) is 37.0 Å². The van der Waals surface area contributed by atoms with Crippen molar-refractivity contribution >= 4 is 11.0 Å². The van der Waals surface area contributed by atoms with Crippen LogP contribution in [0.5, 0.6) is 0 Å². The highest BCUT2D eigenvalue weighted by Gasteiger charge is 2.08. The van der Waals surface area contributed by atoms with Crippen LogP contribution in [-0.4, -0.2) is 22.1 Å². The number of hydrogen-bond donors (Lipinski definition) is 1. The van der Waals surface area contributed by atoms with Crippen molar-refractivity contribution in [2.75, 3.05) is 6.54 Å². The van der Waals surface area contributed by atoms with Gasteiger partial charge < -0.3 is 9.88 Å². The van der Waals surface area contributed by atoms with E-state index in [1.54, 1.807) is 0 Å². The molecule has 0 saturated heterocycles. The molecule has 1 unspecified atom stereocenters. The molecule has 1 atom stereocenters. The molecule has 0 bridgehead atoms. The van der Waals surface area contributed by atoms with E-state index in [1.807, 2.05) is 0 Å². The minimum absolute atomic E-state index is 0.634. The van der Waals surface area contributed by atoms with Crippen LogP contribution in [-0.2, 0) is 13.0 Å². The average Bonchev–Trinajstić information content (AvgIpc) is 2.87.